The van der Waals surface area contributed by atoms with Crippen molar-refractivity contribution < 1.29 is 9.53 Å². The highest BCUT2D eigenvalue weighted by molar-refractivity contribution is 7.16. The monoisotopic (exact) mass is 376 g/mol. The van der Waals surface area contributed by atoms with Gasteiger partial charge in [0.1, 0.15) is 5.75 Å². The summed E-state index contributed by atoms with van der Waals surface area (Å²) in [5, 5.41) is 3.30. The van der Waals surface area contributed by atoms with Gasteiger partial charge in [0.25, 0.3) is 5.91 Å². The quantitative estimate of drug-likeness (QED) is 0.730. The third-order valence-corrected chi connectivity index (χ3v) is 5.14. The van der Waals surface area contributed by atoms with Gasteiger partial charge in [-0.15, -0.1) is 0 Å². The minimum absolute atomic E-state index is 0.0352. The standard InChI is InChI=1S/C18H17ClN2O3S/c1-3-14(24-15-7-5-4-6-12(15)19)17(22)20-11-8-9-13-16(10-11)25-18(23)21(13)2/h4-10,14H,3H2,1-2H3,(H,20,22). The minimum atomic E-state index is -0.662. The van der Waals surface area contributed by atoms with Gasteiger partial charge in [0.15, 0.2) is 6.10 Å². The SMILES string of the molecule is CCC(Oc1ccccc1Cl)C(=O)Nc1ccc2c(c1)sc(=O)n2C. The molecule has 3 rings (SSSR count). The van der Waals surface area contributed by atoms with Crippen LogP contribution in [0, 0.1) is 0 Å². The van der Waals surface area contributed by atoms with Gasteiger partial charge in [-0.2, -0.15) is 0 Å². The molecule has 0 bridgehead atoms. The van der Waals surface area contributed by atoms with E-state index < -0.39 is 6.10 Å². The Morgan fingerprint density at radius 1 is 1.32 bits per heavy atom. The molecule has 5 nitrogen and oxygen atoms in total. The van der Waals surface area contributed by atoms with Crippen molar-refractivity contribution in [3.05, 3.63) is 57.2 Å². The molecule has 3 aromatic rings. The molecule has 1 heterocycles. The number of amides is 1. The predicted octanol–water partition coefficient (Wildman–Crippen LogP) is 4.05. The van der Waals surface area contributed by atoms with Gasteiger partial charge < -0.3 is 14.6 Å². The fraction of sp³-hybridized carbons (Fsp3) is 0.222. The smallest absolute Gasteiger partial charge is 0.307 e. The van der Waals surface area contributed by atoms with E-state index in [1.807, 2.05) is 13.0 Å². The fourth-order valence-corrected chi connectivity index (χ4v) is 3.55. The number of aromatic nitrogens is 1. The van der Waals surface area contributed by atoms with E-state index in [4.69, 9.17) is 16.3 Å². The van der Waals surface area contributed by atoms with Gasteiger partial charge in [-0.25, -0.2) is 0 Å². The Hall–Kier alpha value is -2.31. The highest BCUT2D eigenvalue weighted by Gasteiger charge is 2.20. The van der Waals surface area contributed by atoms with Crippen molar-refractivity contribution in [3.63, 3.8) is 0 Å². The van der Waals surface area contributed by atoms with Gasteiger partial charge in [-0.05, 0) is 36.8 Å². The molecule has 1 amide bonds. The second kappa shape index (κ2) is 7.29. The molecule has 2 aromatic carbocycles. The lowest BCUT2D eigenvalue weighted by Gasteiger charge is -2.18. The van der Waals surface area contributed by atoms with Gasteiger partial charge in [-0.1, -0.05) is 42.0 Å². The average molecular weight is 377 g/mol. The average Bonchev–Trinajstić information content (AvgIpc) is 2.88. The number of fused-ring (bicyclic) bond motifs is 1. The Bertz CT molecular complexity index is 980. The molecular weight excluding hydrogens is 360 g/mol. The highest BCUT2D eigenvalue weighted by Crippen LogP contribution is 2.26. The summed E-state index contributed by atoms with van der Waals surface area (Å²) in [7, 11) is 1.73. The summed E-state index contributed by atoms with van der Waals surface area (Å²) < 4.78 is 8.15. The van der Waals surface area contributed by atoms with E-state index in [-0.39, 0.29) is 10.8 Å². The van der Waals surface area contributed by atoms with Crippen LogP contribution in [0.25, 0.3) is 10.2 Å². The third-order valence-electron chi connectivity index (χ3n) is 3.83. The highest BCUT2D eigenvalue weighted by atomic mass is 35.5. The number of hydrogen-bond acceptors (Lipinski definition) is 4. The molecule has 0 saturated heterocycles. The topological polar surface area (TPSA) is 60.3 Å². The first-order chi connectivity index (χ1) is 12.0. The van der Waals surface area contributed by atoms with E-state index in [1.165, 1.54) is 0 Å². The molecule has 0 fully saturated rings. The summed E-state index contributed by atoms with van der Waals surface area (Å²) in [6.07, 6.45) is -0.164. The van der Waals surface area contributed by atoms with E-state index in [0.29, 0.717) is 22.9 Å². The molecule has 7 heteroatoms. The molecule has 0 spiro atoms. The summed E-state index contributed by atoms with van der Waals surface area (Å²) in [4.78, 5) is 24.2. The van der Waals surface area contributed by atoms with Crippen LogP contribution in [-0.2, 0) is 11.8 Å². The Morgan fingerprint density at radius 2 is 2.08 bits per heavy atom. The van der Waals surface area contributed by atoms with Crippen molar-refractivity contribution in [2.75, 3.05) is 5.32 Å². The Balaban J connectivity index is 1.78. The van der Waals surface area contributed by atoms with Crippen LogP contribution in [0.2, 0.25) is 5.02 Å². The number of anilines is 1. The molecule has 0 radical (unpaired) electrons. The lowest BCUT2D eigenvalue weighted by Crippen LogP contribution is -2.32. The van der Waals surface area contributed by atoms with Crippen LogP contribution in [0.4, 0.5) is 5.69 Å². The molecule has 1 atom stereocenters. The lowest BCUT2D eigenvalue weighted by molar-refractivity contribution is -0.122. The molecule has 0 saturated carbocycles. The summed E-state index contributed by atoms with van der Waals surface area (Å²) >= 11 is 7.23. The first-order valence-electron chi connectivity index (χ1n) is 7.81. The van der Waals surface area contributed by atoms with E-state index in [2.05, 4.69) is 5.32 Å². The van der Waals surface area contributed by atoms with Crippen LogP contribution in [0.1, 0.15) is 13.3 Å². The molecule has 1 N–H and O–H groups in total. The summed E-state index contributed by atoms with van der Waals surface area (Å²) in [5.74, 6) is 0.216. The minimum Gasteiger partial charge on any atom is -0.479 e. The zero-order valence-electron chi connectivity index (χ0n) is 13.8. The number of carbonyl (C=O) groups excluding carboxylic acids is 1. The predicted molar refractivity (Wildman–Crippen MR) is 102 cm³/mol. The number of thiazole rings is 1. The van der Waals surface area contributed by atoms with Gasteiger partial charge in [0.2, 0.25) is 0 Å². The fourth-order valence-electron chi connectivity index (χ4n) is 2.45. The molecule has 1 aromatic heterocycles. The number of aryl methyl sites for hydroxylation is 1. The zero-order chi connectivity index (χ0) is 18.0. The van der Waals surface area contributed by atoms with Crippen LogP contribution < -0.4 is 14.9 Å². The molecule has 25 heavy (non-hydrogen) atoms. The van der Waals surface area contributed by atoms with Crippen molar-refractivity contribution in [3.8, 4) is 5.75 Å². The second-order valence-electron chi connectivity index (χ2n) is 5.54. The van der Waals surface area contributed by atoms with Crippen molar-refractivity contribution in [1.29, 1.82) is 0 Å². The summed E-state index contributed by atoms with van der Waals surface area (Å²) in [5.41, 5.74) is 1.47. The van der Waals surface area contributed by atoms with E-state index in [0.717, 1.165) is 21.6 Å². The molecule has 0 aliphatic rings. The largest absolute Gasteiger partial charge is 0.479 e. The molecule has 0 aliphatic heterocycles. The maximum Gasteiger partial charge on any atom is 0.307 e. The summed E-state index contributed by atoms with van der Waals surface area (Å²) in [6, 6.07) is 12.4. The number of benzene rings is 2. The lowest BCUT2D eigenvalue weighted by atomic mass is 10.2. The molecule has 130 valence electrons. The first-order valence-corrected chi connectivity index (χ1v) is 9.00. The Morgan fingerprint density at radius 3 is 2.80 bits per heavy atom. The van der Waals surface area contributed by atoms with E-state index in [9.17, 15) is 9.59 Å². The van der Waals surface area contributed by atoms with Gasteiger partial charge in [0.05, 0.1) is 15.2 Å². The normalized spacial score (nSPS) is 12.1. The van der Waals surface area contributed by atoms with Crippen LogP contribution >= 0.6 is 22.9 Å². The van der Waals surface area contributed by atoms with Crippen LogP contribution in [-0.4, -0.2) is 16.6 Å². The Kier molecular flexibility index (Phi) is 5.11. The van der Waals surface area contributed by atoms with E-state index in [1.54, 1.807) is 48.0 Å². The maximum atomic E-state index is 12.5. The number of nitrogens with zero attached hydrogens (tertiary/aromatic N) is 1. The number of ether oxygens (including phenoxy) is 1. The number of halogens is 1. The van der Waals surface area contributed by atoms with Gasteiger partial charge in [0, 0.05) is 12.7 Å². The maximum absolute atomic E-state index is 12.5. The molecular formula is C18H17ClN2O3S. The number of para-hydroxylation sites is 1. The molecule has 1 unspecified atom stereocenters. The zero-order valence-corrected chi connectivity index (χ0v) is 15.4. The van der Waals surface area contributed by atoms with Crippen LogP contribution in [0.3, 0.4) is 0 Å². The van der Waals surface area contributed by atoms with Crippen LogP contribution in [0.5, 0.6) is 5.75 Å². The number of nitrogens with one attached hydrogen (secondary N) is 1. The van der Waals surface area contributed by atoms with Crippen molar-refractivity contribution in [1.82, 2.24) is 4.57 Å². The van der Waals surface area contributed by atoms with Gasteiger partial charge in [-0.3, -0.25) is 9.59 Å². The molecule has 0 aliphatic carbocycles. The van der Waals surface area contributed by atoms with Crippen molar-refractivity contribution in [2.24, 2.45) is 7.05 Å². The number of rotatable bonds is 5. The van der Waals surface area contributed by atoms with Crippen molar-refractivity contribution in [2.45, 2.75) is 19.4 Å². The Labute approximate surface area is 153 Å². The van der Waals surface area contributed by atoms with Crippen molar-refractivity contribution >= 4 is 44.7 Å². The first kappa shape index (κ1) is 17.5. The van der Waals surface area contributed by atoms with E-state index >= 15 is 0 Å². The number of carbonyl (C=O) groups is 1. The number of hydrogen-bond donors (Lipinski definition) is 1. The van der Waals surface area contributed by atoms with Gasteiger partial charge >= 0.3 is 4.87 Å². The third kappa shape index (κ3) is 3.70. The second-order valence-corrected chi connectivity index (χ2v) is 6.94. The summed E-state index contributed by atoms with van der Waals surface area (Å²) in [6.45, 7) is 1.87. The van der Waals surface area contributed by atoms with Crippen LogP contribution in [0.15, 0.2) is 47.3 Å².